The van der Waals surface area contributed by atoms with Gasteiger partial charge in [0.25, 0.3) is 0 Å². The molecule has 0 atom stereocenters. The van der Waals surface area contributed by atoms with Crippen LogP contribution in [0.15, 0.2) is 34.9 Å². The molecule has 0 saturated heterocycles. The first-order valence-corrected chi connectivity index (χ1v) is 7.27. The van der Waals surface area contributed by atoms with E-state index in [1.54, 1.807) is 0 Å². The van der Waals surface area contributed by atoms with Gasteiger partial charge in [0.1, 0.15) is 0 Å². The van der Waals surface area contributed by atoms with Crippen LogP contribution in [0.4, 0.5) is 5.13 Å². The molecule has 0 unspecified atom stereocenters. The third-order valence-electron chi connectivity index (χ3n) is 2.41. The molecule has 94 valence electrons. The van der Waals surface area contributed by atoms with Gasteiger partial charge in [-0.25, -0.2) is 4.98 Å². The van der Waals surface area contributed by atoms with Crippen molar-refractivity contribution in [2.24, 2.45) is 0 Å². The number of benzene rings is 1. The van der Waals surface area contributed by atoms with Gasteiger partial charge in [0.05, 0.1) is 0 Å². The molecule has 0 bridgehead atoms. The molecule has 2 rings (SSSR count). The van der Waals surface area contributed by atoms with Crippen molar-refractivity contribution in [2.75, 3.05) is 5.32 Å². The van der Waals surface area contributed by atoms with E-state index in [9.17, 15) is 4.79 Å². The first-order chi connectivity index (χ1) is 8.67. The van der Waals surface area contributed by atoms with E-state index in [0.717, 1.165) is 15.8 Å². The molecular weight excluding hydrogens is 312 g/mol. The Labute approximate surface area is 118 Å². The summed E-state index contributed by atoms with van der Waals surface area (Å²) in [7, 11) is 0. The Hall–Kier alpha value is -1.20. The van der Waals surface area contributed by atoms with Crippen molar-refractivity contribution in [3.05, 3.63) is 45.4 Å². The maximum atomic E-state index is 11.2. The number of thiazole rings is 1. The van der Waals surface area contributed by atoms with Crippen LogP contribution in [0.5, 0.6) is 0 Å². The van der Waals surface area contributed by atoms with Crippen LogP contribution in [0.2, 0.25) is 0 Å². The van der Waals surface area contributed by atoms with Crippen molar-refractivity contribution in [3.63, 3.8) is 0 Å². The molecule has 1 aromatic heterocycles. The molecular formula is C13H13BrN2OS. The van der Waals surface area contributed by atoms with Gasteiger partial charge in [-0.05, 0) is 17.7 Å². The van der Waals surface area contributed by atoms with Crippen LogP contribution in [0.3, 0.4) is 0 Å². The molecule has 0 fully saturated rings. The van der Waals surface area contributed by atoms with E-state index >= 15 is 0 Å². The third kappa shape index (κ3) is 3.65. The maximum Gasteiger partial charge on any atom is 0.225 e. The van der Waals surface area contributed by atoms with Crippen LogP contribution in [0.25, 0.3) is 0 Å². The van der Waals surface area contributed by atoms with Gasteiger partial charge < -0.3 is 5.32 Å². The number of hydrogen-bond acceptors (Lipinski definition) is 3. The van der Waals surface area contributed by atoms with Gasteiger partial charge in [-0.1, -0.05) is 35.0 Å². The van der Waals surface area contributed by atoms with E-state index in [2.05, 4.69) is 38.4 Å². The number of anilines is 1. The number of nitrogens with zero attached hydrogens (tertiary/aromatic N) is 1. The van der Waals surface area contributed by atoms with Gasteiger partial charge in [-0.3, -0.25) is 4.79 Å². The molecule has 3 nitrogen and oxygen atoms in total. The van der Waals surface area contributed by atoms with Crippen LogP contribution >= 0.6 is 27.3 Å². The summed E-state index contributed by atoms with van der Waals surface area (Å²) in [5, 5.41) is 3.44. The average molecular weight is 325 g/mol. The fourth-order valence-corrected chi connectivity index (χ4v) is 2.59. The Morgan fingerprint density at radius 2 is 2.11 bits per heavy atom. The van der Waals surface area contributed by atoms with Crippen LogP contribution in [-0.2, 0) is 11.2 Å². The summed E-state index contributed by atoms with van der Waals surface area (Å²) >= 11 is 4.93. The van der Waals surface area contributed by atoms with Gasteiger partial charge in [0.2, 0.25) is 5.91 Å². The lowest BCUT2D eigenvalue weighted by Gasteiger charge is -1.98. The van der Waals surface area contributed by atoms with Crippen LogP contribution in [0.1, 0.15) is 23.8 Å². The van der Waals surface area contributed by atoms with Crippen molar-refractivity contribution < 1.29 is 4.79 Å². The number of rotatable bonds is 4. The smallest absolute Gasteiger partial charge is 0.225 e. The van der Waals surface area contributed by atoms with E-state index in [1.165, 1.54) is 16.9 Å². The minimum atomic E-state index is -0.000424. The van der Waals surface area contributed by atoms with Gasteiger partial charge >= 0.3 is 0 Å². The zero-order valence-electron chi connectivity index (χ0n) is 9.94. The number of aromatic nitrogens is 1. The summed E-state index contributed by atoms with van der Waals surface area (Å²) in [6.45, 7) is 1.83. The predicted molar refractivity (Wildman–Crippen MR) is 78.0 cm³/mol. The Bertz CT molecular complexity index is 536. The van der Waals surface area contributed by atoms with Crippen LogP contribution in [0, 0.1) is 0 Å². The van der Waals surface area contributed by atoms with Crippen molar-refractivity contribution in [1.29, 1.82) is 0 Å². The standard InChI is InChI=1S/C13H13BrN2OS/c1-2-12(17)16-13-15-8-11(18-13)7-9-3-5-10(14)6-4-9/h3-6,8H,2,7H2,1H3,(H,15,16,17). The summed E-state index contributed by atoms with van der Waals surface area (Å²) < 4.78 is 1.08. The molecule has 1 amide bonds. The van der Waals surface area contributed by atoms with Gasteiger partial charge in [0.15, 0.2) is 5.13 Å². The summed E-state index contributed by atoms with van der Waals surface area (Å²) in [6.07, 6.45) is 3.13. The van der Waals surface area contributed by atoms with Crippen molar-refractivity contribution >= 4 is 38.3 Å². The van der Waals surface area contributed by atoms with E-state index in [0.29, 0.717) is 11.6 Å². The SMILES string of the molecule is CCC(=O)Nc1ncc(Cc2ccc(Br)cc2)s1. The number of amides is 1. The average Bonchev–Trinajstić information content (AvgIpc) is 2.79. The molecule has 0 aliphatic heterocycles. The van der Waals surface area contributed by atoms with E-state index in [1.807, 2.05) is 25.3 Å². The number of nitrogens with one attached hydrogen (secondary N) is 1. The number of carbonyl (C=O) groups excluding carboxylic acids is 1. The quantitative estimate of drug-likeness (QED) is 0.928. The molecule has 5 heteroatoms. The molecule has 2 aromatic rings. The molecule has 0 aliphatic rings. The highest BCUT2D eigenvalue weighted by Gasteiger charge is 2.05. The van der Waals surface area contributed by atoms with Gasteiger partial charge in [-0.2, -0.15) is 0 Å². The molecule has 1 aromatic carbocycles. The highest BCUT2D eigenvalue weighted by atomic mass is 79.9. The lowest BCUT2D eigenvalue weighted by molar-refractivity contribution is -0.115. The fraction of sp³-hybridized carbons (Fsp3) is 0.231. The molecule has 1 heterocycles. The summed E-state index contributed by atoms with van der Waals surface area (Å²) in [4.78, 5) is 16.6. The molecule has 0 aliphatic carbocycles. The Balaban J connectivity index is 2.02. The van der Waals surface area contributed by atoms with Crippen LogP contribution in [-0.4, -0.2) is 10.9 Å². The van der Waals surface area contributed by atoms with E-state index in [-0.39, 0.29) is 5.91 Å². The first-order valence-electron chi connectivity index (χ1n) is 5.66. The van der Waals surface area contributed by atoms with Crippen LogP contribution < -0.4 is 5.32 Å². The monoisotopic (exact) mass is 324 g/mol. The summed E-state index contributed by atoms with van der Waals surface area (Å²) in [5.41, 5.74) is 1.23. The molecule has 0 spiro atoms. The highest BCUT2D eigenvalue weighted by molar-refractivity contribution is 9.10. The largest absolute Gasteiger partial charge is 0.302 e. The zero-order chi connectivity index (χ0) is 13.0. The molecule has 0 radical (unpaired) electrons. The van der Waals surface area contributed by atoms with Crippen molar-refractivity contribution in [2.45, 2.75) is 19.8 Å². The Kier molecular flexibility index (Phi) is 4.49. The molecule has 18 heavy (non-hydrogen) atoms. The molecule has 0 saturated carbocycles. The number of halogens is 1. The maximum absolute atomic E-state index is 11.2. The Morgan fingerprint density at radius 3 is 2.78 bits per heavy atom. The van der Waals surface area contributed by atoms with E-state index < -0.39 is 0 Å². The van der Waals surface area contributed by atoms with Gasteiger partial charge in [-0.15, -0.1) is 11.3 Å². The zero-order valence-corrected chi connectivity index (χ0v) is 12.3. The van der Waals surface area contributed by atoms with Gasteiger partial charge in [0, 0.05) is 28.4 Å². The predicted octanol–water partition coefficient (Wildman–Crippen LogP) is 3.84. The highest BCUT2D eigenvalue weighted by Crippen LogP contribution is 2.22. The van der Waals surface area contributed by atoms with Crippen molar-refractivity contribution in [3.8, 4) is 0 Å². The fourth-order valence-electron chi connectivity index (χ4n) is 1.46. The topological polar surface area (TPSA) is 42.0 Å². The second kappa shape index (κ2) is 6.11. The van der Waals surface area contributed by atoms with Crippen molar-refractivity contribution in [1.82, 2.24) is 4.98 Å². The summed E-state index contributed by atoms with van der Waals surface area (Å²) in [6, 6.07) is 8.20. The Morgan fingerprint density at radius 1 is 1.39 bits per heavy atom. The minimum absolute atomic E-state index is 0.000424. The first kappa shape index (κ1) is 13.2. The minimum Gasteiger partial charge on any atom is -0.302 e. The number of hydrogen-bond donors (Lipinski definition) is 1. The second-order valence-electron chi connectivity index (χ2n) is 3.84. The van der Waals surface area contributed by atoms with E-state index in [4.69, 9.17) is 0 Å². The third-order valence-corrected chi connectivity index (χ3v) is 3.85. The lowest BCUT2D eigenvalue weighted by atomic mass is 10.1. The lowest BCUT2D eigenvalue weighted by Crippen LogP contribution is -2.08. The molecule has 1 N–H and O–H groups in total. The number of carbonyl (C=O) groups is 1. The summed E-state index contributed by atoms with van der Waals surface area (Å²) in [5.74, 6) is -0.000424. The normalized spacial score (nSPS) is 10.3. The second-order valence-corrected chi connectivity index (χ2v) is 5.87.